The molecule has 0 N–H and O–H groups in total. The molecule has 3 rings (SSSR count). The van der Waals surface area contributed by atoms with Gasteiger partial charge < -0.3 is 23.7 Å². The number of carbonyl (C=O) groups excluding carboxylic acids is 1. The zero-order valence-electron chi connectivity index (χ0n) is 12.1. The van der Waals surface area contributed by atoms with Crippen molar-refractivity contribution in [3.63, 3.8) is 0 Å². The first kappa shape index (κ1) is 14.2. The van der Waals surface area contributed by atoms with E-state index in [9.17, 15) is 4.79 Å². The zero-order chi connectivity index (χ0) is 14.5. The van der Waals surface area contributed by atoms with Gasteiger partial charge >= 0.3 is 0 Å². The van der Waals surface area contributed by atoms with E-state index in [2.05, 4.69) is 0 Å². The summed E-state index contributed by atoms with van der Waals surface area (Å²) in [7, 11) is 0. The second kappa shape index (κ2) is 4.61. The Bertz CT molecular complexity index is 441. The maximum atomic E-state index is 10.9. The Morgan fingerprint density at radius 3 is 2.40 bits per heavy atom. The fourth-order valence-corrected chi connectivity index (χ4v) is 2.88. The normalized spacial score (nSPS) is 43.9. The molecule has 3 fully saturated rings. The van der Waals surface area contributed by atoms with Crippen LogP contribution in [-0.2, 0) is 28.5 Å². The summed E-state index contributed by atoms with van der Waals surface area (Å²) in [6.07, 6.45) is 0.699. The van der Waals surface area contributed by atoms with E-state index in [0.29, 0.717) is 6.61 Å². The minimum Gasteiger partial charge on any atom is -0.348 e. The maximum Gasteiger partial charge on any atom is 0.191 e. The molecule has 0 aromatic rings. The van der Waals surface area contributed by atoms with Crippen molar-refractivity contribution >= 4 is 6.29 Å². The molecule has 0 spiro atoms. The van der Waals surface area contributed by atoms with Crippen molar-refractivity contribution in [1.82, 2.24) is 0 Å². The Labute approximate surface area is 118 Å². The smallest absolute Gasteiger partial charge is 0.191 e. The number of aldehydes is 1. The molecule has 0 radical (unpaired) electrons. The highest BCUT2D eigenvalue weighted by Gasteiger charge is 2.55. The van der Waals surface area contributed by atoms with Crippen LogP contribution in [0.4, 0.5) is 0 Å². The van der Waals surface area contributed by atoms with Crippen molar-refractivity contribution in [1.29, 1.82) is 0 Å². The summed E-state index contributed by atoms with van der Waals surface area (Å²) >= 11 is 0. The minimum absolute atomic E-state index is 0.267. The van der Waals surface area contributed by atoms with Crippen LogP contribution in [0.25, 0.3) is 0 Å². The molecule has 0 unspecified atom stereocenters. The van der Waals surface area contributed by atoms with E-state index >= 15 is 0 Å². The number of carbonyl (C=O) groups is 1. The van der Waals surface area contributed by atoms with Gasteiger partial charge in [-0.25, -0.2) is 0 Å². The lowest BCUT2D eigenvalue weighted by Gasteiger charge is -2.25. The van der Waals surface area contributed by atoms with Crippen LogP contribution in [0, 0.1) is 0 Å². The standard InChI is InChI=1S/C14H20O6/c1-13(2)16-7-9(18-13)10-8(5-6-15)11-12(17-10)20-14(3,4)19-11/h5-6,9-12H,7H2,1-4H3/b8-5-/t9-,10-,11+,12+/m0/s1. The van der Waals surface area contributed by atoms with Gasteiger partial charge in [0.25, 0.3) is 0 Å². The molecule has 0 bridgehead atoms. The number of hydrogen-bond donors (Lipinski definition) is 0. The van der Waals surface area contributed by atoms with Gasteiger partial charge in [-0.3, -0.25) is 4.79 Å². The summed E-state index contributed by atoms with van der Waals surface area (Å²) in [4.78, 5) is 10.9. The first-order valence-electron chi connectivity index (χ1n) is 6.79. The Kier molecular flexibility index (Phi) is 3.26. The van der Waals surface area contributed by atoms with Gasteiger partial charge in [0.2, 0.25) is 0 Å². The van der Waals surface area contributed by atoms with E-state index in [1.807, 2.05) is 27.7 Å². The number of rotatable bonds is 2. The summed E-state index contributed by atoms with van der Waals surface area (Å²) < 4.78 is 28.8. The van der Waals surface area contributed by atoms with Crippen molar-refractivity contribution in [3.05, 3.63) is 11.6 Å². The van der Waals surface area contributed by atoms with Crippen molar-refractivity contribution < 1.29 is 28.5 Å². The molecule has 0 saturated carbocycles. The van der Waals surface area contributed by atoms with Crippen molar-refractivity contribution in [2.45, 2.75) is 63.9 Å². The van der Waals surface area contributed by atoms with Gasteiger partial charge in [0.15, 0.2) is 17.9 Å². The number of ether oxygens (including phenoxy) is 5. The maximum absolute atomic E-state index is 10.9. The molecular formula is C14H20O6. The van der Waals surface area contributed by atoms with Crippen LogP contribution in [-0.4, -0.2) is 49.1 Å². The Morgan fingerprint density at radius 2 is 1.80 bits per heavy atom. The fourth-order valence-electron chi connectivity index (χ4n) is 2.88. The lowest BCUT2D eigenvalue weighted by atomic mass is 10.0. The van der Waals surface area contributed by atoms with Crippen molar-refractivity contribution in [2.24, 2.45) is 0 Å². The molecule has 3 aliphatic heterocycles. The molecule has 0 aliphatic carbocycles. The van der Waals surface area contributed by atoms with Crippen LogP contribution >= 0.6 is 0 Å². The van der Waals surface area contributed by atoms with Crippen molar-refractivity contribution in [3.8, 4) is 0 Å². The Hall–Kier alpha value is -0.790. The van der Waals surface area contributed by atoms with Gasteiger partial charge in [-0.05, 0) is 39.3 Å². The first-order chi connectivity index (χ1) is 9.31. The molecule has 112 valence electrons. The minimum atomic E-state index is -0.714. The third kappa shape index (κ3) is 2.42. The largest absolute Gasteiger partial charge is 0.348 e. The average molecular weight is 284 g/mol. The molecule has 6 heteroatoms. The van der Waals surface area contributed by atoms with E-state index in [4.69, 9.17) is 23.7 Å². The van der Waals surface area contributed by atoms with Gasteiger partial charge in [0.1, 0.15) is 24.6 Å². The third-order valence-corrected chi connectivity index (χ3v) is 3.62. The Balaban J connectivity index is 1.81. The summed E-state index contributed by atoms with van der Waals surface area (Å²) in [6.45, 7) is 7.75. The molecule has 3 aliphatic rings. The fraction of sp³-hybridized carbons (Fsp3) is 0.786. The molecule has 3 saturated heterocycles. The van der Waals surface area contributed by atoms with Gasteiger partial charge in [-0.2, -0.15) is 0 Å². The molecule has 0 aromatic carbocycles. The summed E-state index contributed by atoms with van der Waals surface area (Å²) in [5.74, 6) is -1.35. The van der Waals surface area contributed by atoms with E-state index in [0.717, 1.165) is 11.9 Å². The highest BCUT2D eigenvalue weighted by Crippen LogP contribution is 2.43. The van der Waals surface area contributed by atoms with Crippen LogP contribution in [0.5, 0.6) is 0 Å². The van der Waals surface area contributed by atoms with Gasteiger partial charge in [-0.1, -0.05) is 0 Å². The summed E-state index contributed by atoms with van der Waals surface area (Å²) in [6, 6.07) is 0. The van der Waals surface area contributed by atoms with Gasteiger partial charge in [0.05, 0.1) is 6.61 Å². The predicted octanol–water partition coefficient (Wildman–Crippen LogP) is 1.14. The highest BCUT2D eigenvalue weighted by atomic mass is 16.8. The summed E-state index contributed by atoms with van der Waals surface area (Å²) in [5, 5.41) is 0. The number of hydrogen-bond acceptors (Lipinski definition) is 6. The van der Waals surface area contributed by atoms with E-state index in [-0.39, 0.29) is 18.3 Å². The lowest BCUT2D eigenvalue weighted by molar-refractivity contribution is -0.215. The predicted molar refractivity (Wildman–Crippen MR) is 67.7 cm³/mol. The van der Waals surface area contributed by atoms with E-state index < -0.39 is 17.9 Å². The number of allylic oxidation sites excluding steroid dienone is 1. The number of fused-ring (bicyclic) bond motifs is 1. The van der Waals surface area contributed by atoms with E-state index in [1.165, 1.54) is 6.08 Å². The molecule has 3 heterocycles. The lowest BCUT2D eigenvalue weighted by Crippen LogP contribution is -2.34. The molecule has 0 amide bonds. The zero-order valence-corrected chi connectivity index (χ0v) is 12.1. The van der Waals surface area contributed by atoms with Crippen LogP contribution in [0.1, 0.15) is 27.7 Å². The van der Waals surface area contributed by atoms with Crippen LogP contribution in [0.3, 0.4) is 0 Å². The first-order valence-corrected chi connectivity index (χ1v) is 6.79. The average Bonchev–Trinajstić information content (AvgIpc) is 2.91. The van der Waals surface area contributed by atoms with Crippen LogP contribution < -0.4 is 0 Å². The van der Waals surface area contributed by atoms with E-state index in [1.54, 1.807) is 0 Å². The Morgan fingerprint density at radius 1 is 1.05 bits per heavy atom. The van der Waals surface area contributed by atoms with Crippen LogP contribution in [0.15, 0.2) is 11.6 Å². The topological polar surface area (TPSA) is 63.2 Å². The molecule has 0 aromatic heterocycles. The molecule has 20 heavy (non-hydrogen) atoms. The summed E-state index contributed by atoms with van der Waals surface area (Å²) in [5.41, 5.74) is 0.752. The van der Waals surface area contributed by atoms with Crippen LogP contribution in [0.2, 0.25) is 0 Å². The third-order valence-electron chi connectivity index (χ3n) is 3.62. The monoisotopic (exact) mass is 284 g/mol. The quantitative estimate of drug-likeness (QED) is 0.560. The SMILES string of the molecule is CC1(C)OC[C@@H]([C@H]2O[C@@H]3OC(C)(C)O[C@@H]3/C2=C\C=O)O1. The molecule has 6 nitrogen and oxygen atoms in total. The van der Waals surface area contributed by atoms with Crippen molar-refractivity contribution in [2.75, 3.05) is 6.61 Å². The molecule has 4 atom stereocenters. The second-order valence-corrected chi connectivity index (χ2v) is 6.15. The second-order valence-electron chi connectivity index (χ2n) is 6.15. The van der Waals surface area contributed by atoms with Gasteiger partial charge in [-0.15, -0.1) is 0 Å². The van der Waals surface area contributed by atoms with Gasteiger partial charge in [0, 0.05) is 0 Å². The highest BCUT2D eigenvalue weighted by molar-refractivity contribution is 5.67. The molecular weight excluding hydrogens is 264 g/mol.